The number of carboxylic acids is 1. The Hall–Kier alpha value is -4.57. The van der Waals surface area contributed by atoms with E-state index in [2.05, 4.69) is 41.4 Å². The van der Waals surface area contributed by atoms with Gasteiger partial charge in [-0.1, -0.05) is 82.9 Å². The van der Waals surface area contributed by atoms with Gasteiger partial charge in [-0.25, -0.2) is 9.97 Å². The van der Waals surface area contributed by atoms with Gasteiger partial charge in [-0.05, 0) is 61.1 Å². The number of rotatable bonds is 18. The Bertz CT molecular complexity index is 1620. The molecule has 4 rings (SSSR count). The molecule has 2 heterocycles. The zero-order valence-corrected chi connectivity index (χ0v) is 29.0. The van der Waals surface area contributed by atoms with Gasteiger partial charge in [-0.15, -0.1) is 11.3 Å². The highest BCUT2D eigenvalue weighted by Gasteiger charge is 2.26. The summed E-state index contributed by atoms with van der Waals surface area (Å²) >= 11 is 1.40. The number of hydrogen-bond donors (Lipinski definition) is 3. The fourth-order valence-corrected chi connectivity index (χ4v) is 6.24. The smallest absolute Gasteiger partial charge is 0.325 e. The zero-order chi connectivity index (χ0) is 34.5. The number of carbonyl (C=O) groups is 3. The standard InChI is InChI=1S/C38H46N4O5S/c1-5-6-7-8-9-20-47-31-16-14-28(15-17-31)30-23-39-35(40-24-30)29-12-10-27(11-13-29)22-33(36(43)41-26(4)38(45)46)42-37(44)34-19-18-32(48-34)21-25(2)3/h10-19,23-26,33H,5-9,20-22H2,1-4H3,(H,41,43)(H,42,44)(H,45,46)/t26-,33+/m1/s1. The number of aliphatic carboxylic acids is 1. The van der Waals surface area contributed by atoms with Gasteiger partial charge in [-0.3, -0.25) is 14.4 Å². The minimum atomic E-state index is -1.16. The van der Waals surface area contributed by atoms with Crippen molar-refractivity contribution in [2.45, 2.75) is 84.7 Å². The number of nitrogens with zero attached hydrogens (tertiary/aromatic N) is 2. The molecule has 4 aromatic rings. The fourth-order valence-electron chi connectivity index (χ4n) is 5.12. The van der Waals surface area contributed by atoms with Crippen LogP contribution in [0, 0.1) is 5.92 Å². The normalized spacial score (nSPS) is 12.4. The van der Waals surface area contributed by atoms with E-state index in [-0.39, 0.29) is 12.3 Å². The van der Waals surface area contributed by atoms with E-state index in [1.165, 1.54) is 43.9 Å². The summed E-state index contributed by atoms with van der Waals surface area (Å²) in [4.78, 5) is 48.4. The van der Waals surface area contributed by atoms with Gasteiger partial charge in [0.1, 0.15) is 17.8 Å². The zero-order valence-electron chi connectivity index (χ0n) is 28.2. The van der Waals surface area contributed by atoms with Gasteiger partial charge in [0.15, 0.2) is 5.82 Å². The quantitative estimate of drug-likeness (QED) is 0.0944. The van der Waals surface area contributed by atoms with Gasteiger partial charge in [0.25, 0.3) is 5.91 Å². The monoisotopic (exact) mass is 670 g/mol. The number of thiophene rings is 1. The molecule has 254 valence electrons. The van der Waals surface area contributed by atoms with Crippen molar-refractivity contribution in [3.8, 4) is 28.3 Å². The molecule has 48 heavy (non-hydrogen) atoms. The topological polar surface area (TPSA) is 131 Å². The first-order valence-corrected chi connectivity index (χ1v) is 17.5. The van der Waals surface area contributed by atoms with Crippen molar-refractivity contribution < 1.29 is 24.2 Å². The van der Waals surface area contributed by atoms with Gasteiger partial charge >= 0.3 is 5.97 Å². The second kappa shape index (κ2) is 18.1. The highest BCUT2D eigenvalue weighted by molar-refractivity contribution is 7.14. The molecule has 0 unspecified atom stereocenters. The first-order valence-electron chi connectivity index (χ1n) is 16.7. The van der Waals surface area contributed by atoms with Crippen LogP contribution in [0.1, 0.15) is 79.9 Å². The number of carboxylic acid groups (broad SMARTS) is 1. The Balaban J connectivity index is 1.39. The van der Waals surface area contributed by atoms with Crippen LogP contribution in [0.5, 0.6) is 5.75 Å². The summed E-state index contributed by atoms with van der Waals surface area (Å²) in [5, 5.41) is 14.6. The Morgan fingerprint density at radius 3 is 2.10 bits per heavy atom. The highest BCUT2D eigenvalue weighted by Crippen LogP contribution is 2.24. The van der Waals surface area contributed by atoms with Gasteiger partial charge in [-0.2, -0.15) is 0 Å². The van der Waals surface area contributed by atoms with Gasteiger partial charge in [0, 0.05) is 34.8 Å². The van der Waals surface area contributed by atoms with E-state index < -0.39 is 24.0 Å². The predicted molar refractivity (Wildman–Crippen MR) is 190 cm³/mol. The Morgan fingerprint density at radius 2 is 1.46 bits per heavy atom. The fraction of sp³-hybridized carbons (Fsp3) is 0.395. The molecule has 0 bridgehead atoms. The van der Waals surface area contributed by atoms with Crippen LogP contribution in [-0.2, 0) is 22.4 Å². The first-order chi connectivity index (χ1) is 23.1. The molecule has 0 saturated heterocycles. The minimum absolute atomic E-state index is 0.173. The number of benzene rings is 2. The average molecular weight is 671 g/mol. The molecular weight excluding hydrogens is 625 g/mol. The maximum atomic E-state index is 13.1. The third kappa shape index (κ3) is 11.0. The number of hydrogen-bond acceptors (Lipinski definition) is 7. The lowest BCUT2D eigenvalue weighted by atomic mass is 10.0. The van der Waals surface area contributed by atoms with E-state index >= 15 is 0 Å². The van der Waals surface area contributed by atoms with Crippen molar-refractivity contribution in [3.05, 3.63) is 88.4 Å². The van der Waals surface area contributed by atoms with E-state index in [1.807, 2.05) is 54.6 Å². The third-order valence-corrected chi connectivity index (χ3v) is 8.96. The Morgan fingerprint density at radius 1 is 0.792 bits per heavy atom. The number of nitrogens with one attached hydrogen (secondary N) is 2. The second-order valence-corrected chi connectivity index (χ2v) is 13.6. The molecule has 9 nitrogen and oxygen atoms in total. The molecule has 2 aromatic heterocycles. The van der Waals surface area contributed by atoms with E-state index in [9.17, 15) is 19.5 Å². The van der Waals surface area contributed by atoms with Crippen LogP contribution >= 0.6 is 11.3 Å². The van der Waals surface area contributed by atoms with E-state index in [1.54, 1.807) is 18.5 Å². The summed E-state index contributed by atoms with van der Waals surface area (Å²) in [5.74, 6) is -0.236. The van der Waals surface area contributed by atoms with Crippen LogP contribution in [0.25, 0.3) is 22.5 Å². The van der Waals surface area contributed by atoms with Crippen molar-refractivity contribution in [2.24, 2.45) is 5.92 Å². The van der Waals surface area contributed by atoms with Crippen molar-refractivity contribution in [2.75, 3.05) is 6.61 Å². The largest absolute Gasteiger partial charge is 0.494 e. The van der Waals surface area contributed by atoms with Crippen molar-refractivity contribution in [1.29, 1.82) is 0 Å². The van der Waals surface area contributed by atoms with Crippen molar-refractivity contribution >= 4 is 29.1 Å². The van der Waals surface area contributed by atoms with Crippen molar-refractivity contribution in [3.63, 3.8) is 0 Å². The predicted octanol–water partition coefficient (Wildman–Crippen LogP) is 7.35. The summed E-state index contributed by atoms with van der Waals surface area (Å²) in [6.07, 6.45) is 10.6. The molecule has 0 aliphatic carbocycles. The lowest BCUT2D eigenvalue weighted by molar-refractivity contribution is -0.141. The molecule has 0 radical (unpaired) electrons. The molecule has 10 heteroatoms. The lowest BCUT2D eigenvalue weighted by Gasteiger charge is -2.20. The second-order valence-electron chi connectivity index (χ2n) is 12.4. The average Bonchev–Trinajstić information content (AvgIpc) is 3.54. The Kier molecular flexibility index (Phi) is 13.7. The third-order valence-electron chi connectivity index (χ3n) is 7.85. The van der Waals surface area contributed by atoms with E-state index in [0.29, 0.717) is 16.6 Å². The molecule has 3 N–H and O–H groups in total. The van der Waals surface area contributed by atoms with Crippen LogP contribution in [0.15, 0.2) is 73.1 Å². The maximum Gasteiger partial charge on any atom is 0.325 e. The van der Waals surface area contributed by atoms with Gasteiger partial charge in [0.2, 0.25) is 5.91 Å². The van der Waals surface area contributed by atoms with Gasteiger partial charge < -0.3 is 20.5 Å². The van der Waals surface area contributed by atoms with Crippen molar-refractivity contribution in [1.82, 2.24) is 20.6 Å². The van der Waals surface area contributed by atoms with Crippen LogP contribution < -0.4 is 15.4 Å². The number of aromatic nitrogens is 2. The molecule has 0 saturated carbocycles. The molecule has 2 aromatic carbocycles. The molecule has 0 aliphatic rings. The van der Waals surface area contributed by atoms with Crippen LogP contribution in [0.2, 0.25) is 0 Å². The van der Waals surface area contributed by atoms with Gasteiger partial charge in [0.05, 0.1) is 11.5 Å². The van der Waals surface area contributed by atoms with E-state index in [4.69, 9.17) is 4.74 Å². The maximum absolute atomic E-state index is 13.1. The summed E-state index contributed by atoms with van der Waals surface area (Å²) in [6.45, 7) is 8.55. The molecule has 2 atom stereocenters. The molecular formula is C38H46N4O5S. The summed E-state index contributed by atoms with van der Waals surface area (Å²) in [7, 11) is 0. The number of ether oxygens (including phenoxy) is 1. The molecule has 0 aliphatic heterocycles. The SMILES string of the molecule is CCCCCCCOc1ccc(-c2cnc(-c3ccc(C[C@H](NC(=O)c4ccc(CC(C)C)s4)C(=O)N[C@H](C)C(=O)O)cc3)nc2)cc1. The van der Waals surface area contributed by atoms with Crippen LogP contribution in [0.4, 0.5) is 0 Å². The highest BCUT2D eigenvalue weighted by atomic mass is 32.1. The van der Waals surface area contributed by atoms with E-state index in [0.717, 1.165) is 52.3 Å². The molecule has 0 fully saturated rings. The minimum Gasteiger partial charge on any atom is -0.494 e. The van der Waals surface area contributed by atoms with Crippen LogP contribution in [0.3, 0.4) is 0 Å². The first kappa shape index (κ1) is 36.3. The lowest BCUT2D eigenvalue weighted by Crippen LogP contribution is -2.51. The summed E-state index contributed by atoms with van der Waals surface area (Å²) in [6, 6.07) is 17.0. The summed E-state index contributed by atoms with van der Waals surface area (Å²) < 4.78 is 5.88. The number of carbonyl (C=O) groups excluding carboxylic acids is 2. The Labute approximate surface area is 287 Å². The number of unbranched alkanes of at least 4 members (excludes halogenated alkanes) is 4. The van der Waals surface area contributed by atoms with Crippen LogP contribution in [-0.4, -0.2) is 51.5 Å². The molecule has 2 amide bonds. The number of amides is 2. The summed E-state index contributed by atoms with van der Waals surface area (Å²) in [5.41, 5.74) is 3.47. The molecule has 0 spiro atoms.